The molecule has 0 saturated heterocycles. The molecule has 1 fully saturated rings. The third kappa shape index (κ3) is 5.68. The van der Waals surface area contributed by atoms with Crippen molar-refractivity contribution in [2.45, 2.75) is 49.5 Å². The minimum absolute atomic E-state index is 0. The largest absolute Gasteiger partial charge is 0.314 e. The molecule has 0 atom stereocenters. The third-order valence-electron chi connectivity index (χ3n) is 4.72. The summed E-state index contributed by atoms with van der Waals surface area (Å²) in [6, 6.07) is 13.7. The molecule has 0 spiro atoms. The topological polar surface area (TPSA) is 58.2 Å². The van der Waals surface area contributed by atoms with Crippen LogP contribution < -0.4 is 10.0 Å². The number of fused-ring (bicyclic) bond motifs is 1. The van der Waals surface area contributed by atoms with Crippen LogP contribution in [0.5, 0.6) is 0 Å². The monoisotopic (exact) mass is 382 g/mol. The lowest BCUT2D eigenvalue weighted by molar-refractivity contribution is 0.372. The first-order valence-electron chi connectivity index (χ1n) is 8.87. The highest BCUT2D eigenvalue weighted by Gasteiger charge is 2.14. The molecule has 2 aromatic carbocycles. The zero-order valence-corrected chi connectivity index (χ0v) is 16.0. The first-order chi connectivity index (χ1) is 11.6. The van der Waals surface area contributed by atoms with Crippen molar-refractivity contribution in [1.82, 2.24) is 10.0 Å². The molecule has 0 radical (unpaired) electrons. The number of hydrogen-bond acceptors (Lipinski definition) is 3. The smallest absolute Gasteiger partial charge is 0.240 e. The summed E-state index contributed by atoms with van der Waals surface area (Å²) in [4.78, 5) is 0.335. The Morgan fingerprint density at radius 2 is 1.64 bits per heavy atom. The third-order valence-corrected chi connectivity index (χ3v) is 6.17. The first-order valence-corrected chi connectivity index (χ1v) is 10.4. The van der Waals surface area contributed by atoms with Gasteiger partial charge in [0.15, 0.2) is 0 Å². The van der Waals surface area contributed by atoms with Crippen molar-refractivity contribution in [2.24, 2.45) is 0 Å². The van der Waals surface area contributed by atoms with E-state index in [0.29, 0.717) is 17.5 Å². The number of nitrogens with one attached hydrogen (secondary N) is 2. The summed E-state index contributed by atoms with van der Waals surface area (Å²) >= 11 is 0. The molecule has 3 rings (SSSR count). The Morgan fingerprint density at radius 1 is 0.920 bits per heavy atom. The van der Waals surface area contributed by atoms with Gasteiger partial charge in [-0.05, 0) is 48.7 Å². The van der Waals surface area contributed by atoms with Crippen LogP contribution in [0.15, 0.2) is 47.4 Å². The number of halogens is 1. The van der Waals surface area contributed by atoms with E-state index in [1.54, 1.807) is 12.1 Å². The summed E-state index contributed by atoms with van der Waals surface area (Å²) in [6.07, 6.45) is 7.29. The van der Waals surface area contributed by atoms with E-state index < -0.39 is 10.0 Å². The summed E-state index contributed by atoms with van der Waals surface area (Å²) in [6.45, 7) is 1.33. The molecule has 0 heterocycles. The van der Waals surface area contributed by atoms with Crippen molar-refractivity contribution in [1.29, 1.82) is 0 Å². The molecule has 1 saturated carbocycles. The highest BCUT2D eigenvalue weighted by Crippen LogP contribution is 2.19. The van der Waals surface area contributed by atoms with Gasteiger partial charge in [0.05, 0.1) is 4.90 Å². The Labute approximate surface area is 156 Å². The lowest BCUT2D eigenvalue weighted by atomic mass is 9.95. The second-order valence-electron chi connectivity index (χ2n) is 6.55. The van der Waals surface area contributed by atoms with Gasteiger partial charge >= 0.3 is 0 Å². The van der Waals surface area contributed by atoms with Crippen LogP contribution in [0.2, 0.25) is 0 Å². The Balaban J connectivity index is 0.00000225. The minimum Gasteiger partial charge on any atom is -0.314 e. The number of benzene rings is 2. The molecular formula is C19H27ClN2O2S. The molecule has 6 heteroatoms. The molecule has 25 heavy (non-hydrogen) atoms. The number of rotatable bonds is 7. The molecule has 2 aromatic rings. The van der Waals surface area contributed by atoms with E-state index in [4.69, 9.17) is 0 Å². The lowest BCUT2D eigenvalue weighted by Gasteiger charge is -2.22. The van der Waals surface area contributed by atoms with Crippen LogP contribution in [-0.2, 0) is 10.0 Å². The zero-order chi connectivity index (χ0) is 16.8. The zero-order valence-electron chi connectivity index (χ0n) is 14.4. The Kier molecular flexibility index (Phi) is 7.69. The highest BCUT2D eigenvalue weighted by molar-refractivity contribution is 7.89. The maximum Gasteiger partial charge on any atom is 0.240 e. The average molecular weight is 383 g/mol. The van der Waals surface area contributed by atoms with Gasteiger partial charge in [-0.25, -0.2) is 13.1 Å². The van der Waals surface area contributed by atoms with E-state index in [2.05, 4.69) is 10.0 Å². The van der Waals surface area contributed by atoms with Crippen molar-refractivity contribution in [2.75, 3.05) is 13.1 Å². The van der Waals surface area contributed by atoms with Crippen LogP contribution in [-0.4, -0.2) is 27.5 Å². The molecule has 0 amide bonds. The second kappa shape index (κ2) is 9.53. The lowest BCUT2D eigenvalue weighted by Crippen LogP contribution is -2.34. The standard InChI is InChI=1S/C19H26N2O2S.ClH/c22-24(23,19-12-11-16-7-4-5-8-17(16)15-19)21-14-6-13-20-18-9-2-1-3-10-18;/h4-5,7-8,11-12,15,18,20-21H,1-3,6,9-10,13-14H2;1H. The van der Waals surface area contributed by atoms with E-state index in [1.807, 2.05) is 30.3 Å². The van der Waals surface area contributed by atoms with Gasteiger partial charge in [-0.1, -0.05) is 49.6 Å². The van der Waals surface area contributed by atoms with Gasteiger partial charge in [-0.2, -0.15) is 0 Å². The van der Waals surface area contributed by atoms with Crippen LogP contribution in [0.4, 0.5) is 0 Å². The maximum absolute atomic E-state index is 12.4. The van der Waals surface area contributed by atoms with Crippen molar-refractivity contribution in [3.8, 4) is 0 Å². The fourth-order valence-electron chi connectivity index (χ4n) is 3.33. The Morgan fingerprint density at radius 3 is 2.40 bits per heavy atom. The summed E-state index contributed by atoms with van der Waals surface area (Å²) in [5, 5.41) is 5.53. The second-order valence-corrected chi connectivity index (χ2v) is 8.32. The molecule has 1 aliphatic rings. The van der Waals surface area contributed by atoms with Gasteiger partial charge in [0, 0.05) is 12.6 Å². The van der Waals surface area contributed by atoms with Crippen LogP contribution in [0.3, 0.4) is 0 Å². The van der Waals surface area contributed by atoms with E-state index in [-0.39, 0.29) is 12.4 Å². The van der Waals surface area contributed by atoms with Gasteiger partial charge in [-0.15, -0.1) is 12.4 Å². The average Bonchev–Trinajstić information content (AvgIpc) is 2.62. The summed E-state index contributed by atoms with van der Waals surface area (Å²) in [7, 11) is -3.43. The van der Waals surface area contributed by atoms with Crippen LogP contribution in [0, 0.1) is 0 Å². The van der Waals surface area contributed by atoms with Gasteiger partial charge in [0.1, 0.15) is 0 Å². The fourth-order valence-corrected chi connectivity index (χ4v) is 4.43. The van der Waals surface area contributed by atoms with Crippen LogP contribution in [0.1, 0.15) is 38.5 Å². The number of sulfonamides is 1. The molecule has 0 aromatic heterocycles. The van der Waals surface area contributed by atoms with Crippen LogP contribution in [0.25, 0.3) is 10.8 Å². The van der Waals surface area contributed by atoms with E-state index in [0.717, 1.165) is 23.7 Å². The normalized spacial score (nSPS) is 15.8. The van der Waals surface area contributed by atoms with E-state index >= 15 is 0 Å². The first kappa shape index (κ1) is 20.2. The number of hydrogen-bond donors (Lipinski definition) is 2. The van der Waals surface area contributed by atoms with Crippen molar-refractivity contribution in [3.05, 3.63) is 42.5 Å². The minimum atomic E-state index is -3.43. The Bertz CT molecular complexity index is 774. The van der Waals surface area contributed by atoms with Crippen molar-refractivity contribution >= 4 is 33.2 Å². The molecule has 0 unspecified atom stereocenters. The highest BCUT2D eigenvalue weighted by atomic mass is 35.5. The molecular weight excluding hydrogens is 356 g/mol. The van der Waals surface area contributed by atoms with E-state index in [1.165, 1.54) is 32.1 Å². The fraction of sp³-hybridized carbons (Fsp3) is 0.474. The van der Waals surface area contributed by atoms with E-state index in [9.17, 15) is 8.42 Å². The SMILES string of the molecule is Cl.O=S(=O)(NCCCNC1CCCCC1)c1ccc2ccccc2c1. The molecule has 2 N–H and O–H groups in total. The molecule has 0 aliphatic heterocycles. The Hall–Kier alpha value is -1.14. The predicted molar refractivity (Wildman–Crippen MR) is 106 cm³/mol. The summed E-state index contributed by atoms with van der Waals surface area (Å²) in [5.41, 5.74) is 0. The summed E-state index contributed by atoms with van der Waals surface area (Å²) in [5.74, 6) is 0. The van der Waals surface area contributed by atoms with Gasteiger partial charge in [0.25, 0.3) is 0 Å². The molecule has 138 valence electrons. The molecule has 1 aliphatic carbocycles. The van der Waals surface area contributed by atoms with Gasteiger partial charge < -0.3 is 5.32 Å². The quantitative estimate of drug-likeness (QED) is 0.715. The predicted octanol–water partition coefficient (Wildman–Crippen LogP) is 3.85. The maximum atomic E-state index is 12.4. The molecule has 4 nitrogen and oxygen atoms in total. The van der Waals surface area contributed by atoms with Gasteiger partial charge in [0.2, 0.25) is 10.0 Å². The van der Waals surface area contributed by atoms with Crippen LogP contribution >= 0.6 is 12.4 Å². The molecule has 0 bridgehead atoms. The summed E-state index contributed by atoms with van der Waals surface area (Å²) < 4.78 is 27.5. The van der Waals surface area contributed by atoms with Crippen molar-refractivity contribution in [3.63, 3.8) is 0 Å². The van der Waals surface area contributed by atoms with Gasteiger partial charge in [-0.3, -0.25) is 0 Å². The van der Waals surface area contributed by atoms with Crippen molar-refractivity contribution < 1.29 is 8.42 Å².